The zero-order chi connectivity index (χ0) is 13.0. The monoisotopic (exact) mass is 305 g/mol. The molecule has 1 aromatic carbocycles. The maximum atomic E-state index is 11.3. The molecule has 1 heterocycles. The number of rotatable bonds is 4. The van der Waals surface area contributed by atoms with E-state index in [2.05, 4.69) is 20.9 Å². The molecule has 0 bridgehead atoms. The van der Waals surface area contributed by atoms with Crippen molar-refractivity contribution in [3.05, 3.63) is 64.4 Å². The van der Waals surface area contributed by atoms with Crippen molar-refractivity contribution < 1.29 is 9.90 Å². The minimum absolute atomic E-state index is 0.401. The summed E-state index contributed by atoms with van der Waals surface area (Å²) in [4.78, 5) is 15.5. The number of nitrogens with zero attached hydrogens (tertiary/aromatic N) is 1. The lowest BCUT2D eigenvalue weighted by Crippen LogP contribution is -2.15. The Bertz CT molecular complexity index is 525. The van der Waals surface area contributed by atoms with Crippen LogP contribution in [-0.2, 0) is 11.2 Å². The second kappa shape index (κ2) is 5.78. The molecule has 1 N–H and O–H groups in total. The normalized spacial score (nSPS) is 12.1. The number of halogens is 1. The number of carboxylic acids is 1. The van der Waals surface area contributed by atoms with Gasteiger partial charge in [0.15, 0.2) is 0 Å². The highest BCUT2D eigenvalue weighted by molar-refractivity contribution is 9.10. The van der Waals surface area contributed by atoms with Crippen LogP contribution in [-0.4, -0.2) is 16.1 Å². The van der Waals surface area contributed by atoms with Crippen LogP contribution in [0, 0.1) is 0 Å². The van der Waals surface area contributed by atoms with E-state index in [-0.39, 0.29) is 0 Å². The van der Waals surface area contributed by atoms with Crippen LogP contribution in [0.3, 0.4) is 0 Å². The molecular weight excluding hydrogens is 294 g/mol. The van der Waals surface area contributed by atoms with Gasteiger partial charge in [0.05, 0.1) is 5.92 Å². The first-order valence-corrected chi connectivity index (χ1v) is 6.34. The van der Waals surface area contributed by atoms with Crippen LogP contribution in [0.25, 0.3) is 0 Å². The maximum absolute atomic E-state index is 11.3. The van der Waals surface area contributed by atoms with Crippen molar-refractivity contribution in [2.75, 3.05) is 0 Å². The Hall–Kier alpha value is -1.68. The molecule has 4 heteroatoms. The fourth-order valence-electron chi connectivity index (χ4n) is 1.77. The second-order valence-electron chi connectivity index (χ2n) is 3.97. The fourth-order valence-corrected chi connectivity index (χ4v) is 2.04. The number of carboxylic acid groups (broad SMARTS) is 1. The number of hydrogen-bond acceptors (Lipinski definition) is 2. The topological polar surface area (TPSA) is 50.2 Å². The van der Waals surface area contributed by atoms with E-state index in [4.69, 9.17) is 0 Å². The van der Waals surface area contributed by atoms with Crippen molar-refractivity contribution >= 4 is 21.9 Å². The number of carbonyl (C=O) groups is 1. The van der Waals surface area contributed by atoms with Gasteiger partial charge in [-0.2, -0.15) is 0 Å². The Labute approximate surface area is 114 Å². The molecule has 1 atom stereocenters. The van der Waals surface area contributed by atoms with E-state index in [9.17, 15) is 9.90 Å². The molecule has 0 fully saturated rings. The number of pyridine rings is 1. The largest absolute Gasteiger partial charge is 0.481 e. The maximum Gasteiger partial charge on any atom is 0.311 e. The molecule has 0 aliphatic heterocycles. The highest BCUT2D eigenvalue weighted by atomic mass is 79.9. The third-order valence-electron chi connectivity index (χ3n) is 2.71. The summed E-state index contributed by atoms with van der Waals surface area (Å²) in [6.45, 7) is 0. The van der Waals surface area contributed by atoms with Crippen molar-refractivity contribution in [3.8, 4) is 0 Å². The summed E-state index contributed by atoms with van der Waals surface area (Å²) in [5, 5.41) is 9.32. The standard InChI is InChI=1S/C14H12BrNO2/c15-11-6-4-10(5-7-11)13(14(17)18)9-12-3-1-2-8-16-12/h1-8,13H,9H2,(H,17,18). The SMILES string of the molecule is O=C(O)C(Cc1ccccn1)c1ccc(Br)cc1. The Morgan fingerprint density at radius 3 is 2.50 bits per heavy atom. The highest BCUT2D eigenvalue weighted by Crippen LogP contribution is 2.22. The summed E-state index contributed by atoms with van der Waals surface area (Å²) >= 11 is 3.34. The van der Waals surface area contributed by atoms with Crippen LogP contribution >= 0.6 is 15.9 Å². The first-order valence-electron chi connectivity index (χ1n) is 5.55. The van der Waals surface area contributed by atoms with E-state index in [1.165, 1.54) is 0 Å². The molecule has 2 rings (SSSR count). The quantitative estimate of drug-likeness (QED) is 0.943. The molecule has 1 unspecified atom stereocenters. The Kier molecular flexibility index (Phi) is 4.10. The van der Waals surface area contributed by atoms with E-state index in [0.29, 0.717) is 6.42 Å². The molecule has 18 heavy (non-hydrogen) atoms. The van der Waals surface area contributed by atoms with Crippen LogP contribution in [0.4, 0.5) is 0 Å². The number of aliphatic carboxylic acids is 1. The van der Waals surface area contributed by atoms with Gasteiger partial charge in [-0.25, -0.2) is 0 Å². The summed E-state index contributed by atoms with van der Waals surface area (Å²) < 4.78 is 0.938. The van der Waals surface area contributed by atoms with E-state index in [1.807, 2.05) is 42.5 Å². The van der Waals surface area contributed by atoms with Crippen molar-refractivity contribution in [1.29, 1.82) is 0 Å². The van der Waals surface area contributed by atoms with Gasteiger partial charge in [0, 0.05) is 22.8 Å². The molecule has 0 saturated heterocycles. The summed E-state index contributed by atoms with van der Waals surface area (Å²) in [7, 11) is 0. The lowest BCUT2D eigenvalue weighted by atomic mass is 9.94. The summed E-state index contributed by atoms with van der Waals surface area (Å²) in [5.74, 6) is -1.39. The van der Waals surface area contributed by atoms with Crippen LogP contribution in [0.5, 0.6) is 0 Å². The summed E-state index contributed by atoms with van der Waals surface area (Å²) in [5.41, 5.74) is 1.57. The van der Waals surface area contributed by atoms with Crippen molar-refractivity contribution in [1.82, 2.24) is 4.98 Å². The van der Waals surface area contributed by atoms with Gasteiger partial charge in [0.1, 0.15) is 0 Å². The van der Waals surface area contributed by atoms with E-state index < -0.39 is 11.9 Å². The van der Waals surface area contributed by atoms with Gasteiger partial charge in [-0.05, 0) is 29.8 Å². The molecule has 3 nitrogen and oxygen atoms in total. The average Bonchev–Trinajstić information content (AvgIpc) is 2.38. The lowest BCUT2D eigenvalue weighted by Gasteiger charge is -2.12. The third-order valence-corrected chi connectivity index (χ3v) is 3.24. The lowest BCUT2D eigenvalue weighted by molar-refractivity contribution is -0.138. The van der Waals surface area contributed by atoms with Crippen LogP contribution < -0.4 is 0 Å². The fraction of sp³-hybridized carbons (Fsp3) is 0.143. The van der Waals surface area contributed by atoms with Gasteiger partial charge in [0.25, 0.3) is 0 Å². The van der Waals surface area contributed by atoms with Crippen molar-refractivity contribution in [3.63, 3.8) is 0 Å². The van der Waals surface area contributed by atoms with E-state index >= 15 is 0 Å². The van der Waals surface area contributed by atoms with Gasteiger partial charge in [0.2, 0.25) is 0 Å². The van der Waals surface area contributed by atoms with E-state index in [1.54, 1.807) is 6.20 Å². The van der Waals surface area contributed by atoms with Crippen LogP contribution in [0.1, 0.15) is 17.2 Å². The van der Waals surface area contributed by atoms with Gasteiger partial charge in [-0.3, -0.25) is 9.78 Å². The minimum Gasteiger partial charge on any atom is -0.481 e. The van der Waals surface area contributed by atoms with Crippen molar-refractivity contribution in [2.45, 2.75) is 12.3 Å². The second-order valence-corrected chi connectivity index (χ2v) is 4.88. The molecule has 0 radical (unpaired) electrons. The number of aromatic nitrogens is 1. The predicted octanol–water partition coefficient (Wildman–Crippen LogP) is 3.26. The molecule has 1 aromatic heterocycles. The number of benzene rings is 1. The Morgan fingerprint density at radius 2 is 1.94 bits per heavy atom. The first-order chi connectivity index (χ1) is 8.66. The van der Waals surface area contributed by atoms with Gasteiger partial charge in [-0.15, -0.1) is 0 Å². The van der Waals surface area contributed by atoms with Crippen LogP contribution in [0.2, 0.25) is 0 Å². The van der Waals surface area contributed by atoms with E-state index in [0.717, 1.165) is 15.7 Å². The molecule has 0 aliphatic rings. The zero-order valence-corrected chi connectivity index (χ0v) is 11.2. The smallest absolute Gasteiger partial charge is 0.311 e. The molecule has 0 amide bonds. The highest BCUT2D eigenvalue weighted by Gasteiger charge is 2.20. The third kappa shape index (κ3) is 3.17. The number of hydrogen-bond donors (Lipinski definition) is 1. The van der Waals surface area contributed by atoms with Crippen molar-refractivity contribution in [2.24, 2.45) is 0 Å². The summed E-state index contributed by atoms with van der Waals surface area (Å²) in [6.07, 6.45) is 2.08. The first kappa shape index (κ1) is 12.8. The predicted molar refractivity (Wildman–Crippen MR) is 72.5 cm³/mol. The molecular formula is C14H12BrNO2. The average molecular weight is 306 g/mol. The van der Waals surface area contributed by atoms with Gasteiger partial charge < -0.3 is 5.11 Å². The zero-order valence-electron chi connectivity index (χ0n) is 9.58. The minimum atomic E-state index is -0.831. The molecule has 0 aliphatic carbocycles. The Morgan fingerprint density at radius 1 is 1.22 bits per heavy atom. The van der Waals surface area contributed by atoms with Gasteiger partial charge in [-0.1, -0.05) is 34.1 Å². The summed E-state index contributed by atoms with van der Waals surface area (Å²) in [6, 6.07) is 12.9. The Balaban J connectivity index is 2.24. The molecule has 92 valence electrons. The van der Waals surface area contributed by atoms with Crippen LogP contribution in [0.15, 0.2) is 53.1 Å². The van der Waals surface area contributed by atoms with Gasteiger partial charge >= 0.3 is 5.97 Å². The molecule has 2 aromatic rings. The molecule has 0 spiro atoms. The molecule has 0 saturated carbocycles.